The van der Waals surface area contributed by atoms with Crippen LogP contribution in [0.3, 0.4) is 0 Å². The summed E-state index contributed by atoms with van der Waals surface area (Å²) in [5.74, 6) is -0.232. The zero-order chi connectivity index (χ0) is 9.14. The van der Waals surface area contributed by atoms with Crippen LogP contribution in [-0.2, 0) is 0 Å². The van der Waals surface area contributed by atoms with Crippen LogP contribution in [-0.4, -0.2) is 22.3 Å². The van der Waals surface area contributed by atoms with Gasteiger partial charge in [0, 0.05) is 5.46 Å². The number of benzene rings is 1. The lowest BCUT2D eigenvalue weighted by Crippen LogP contribution is -2.30. The van der Waals surface area contributed by atoms with Gasteiger partial charge in [0.15, 0.2) is 0 Å². The average Bonchev–Trinajstić information content (AvgIpc) is 2.05. The van der Waals surface area contributed by atoms with Gasteiger partial charge in [-0.2, -0.15) is 5.26 Å². The predicted octanol–water partition coefficient (Wildman–Crippen LogP) is -1.06. The van der Waals surface area contributed by atoms with E-state index in [9.17, 15) is 0 Å². The Bertz CT molecular complexity index is 332. The number of hydrogen-bond acceptors (Lipinski definition) is 4. The van der Waals surface area contributed by atoms with Crippen LogP contribution < -0.4 is 5.46 Å². The van der Waals surface area contributed by atoms with Crippen LogP contribution in [0.4, 0.5) is 0 Å². The largest absolute Gasteiger partial charge is 0.508 e. The number of rotatable bonds is 1. The van der Waals surface area contributed by atoms with E-state index >= 15 is 0 Å². The highest BCUT2D eigenvalue weighted by molar-refractivity contribution is 6.59. The molecule has 12 heavy (non-hydrogen) atoms. The Balaban J connectivity index is 3.19. The molecule has 1 rings (SSSR count). The zero-order valence-electron chi connectivity index (χ0n) is 6.10. The summed E-state index contributed by atoms with van der Waals surface area (Å²) in [7, 11) is -1.75. The quantitative estimate of drug-likeness (QED) is 0.461. The van der Waals surface area contributed by atoms with Crippen molar-refractivity contribution < 1.29 is 15.2 Å². The number of aromatic hydroxyl groups is 1. The fraction of sp³-hybridized carbons (Fsp3) is 0. The molecule has 0 radical (unpaired) electrons. The van der Waals surface area contributed by atoms with Crippen molar-refractivity contribution in [3.05, 3.63) is 23.8 Å². The van der Waals surface area contributed by atoms with Gasteiger partial charge in [0.2, 0.25) is 0 Å². The predicted molar refractivity (Wildman–Crippen MR) is 42.6 cm³/mol. The summed E-state index contributed by atoms with van der Waals surface area (Å²) < 4.78 is 0. The van der Waals surface area contributed by atoms with Gasteiger partial charge in [0.1, 0.15) is 5.75 Å². The molecule has 0 atom stereocenters. The molecule has 0 heterocycles. The second kappa shape index (κ2) is 3.26. The average molecular weight is 163 g/mol. The molecule has 0 amide bonds. The monoisotopic (exact) mass is 163 g/mol. The molecular weight excluding hydrogens is 157 g/mol. The maximum absolute atomic E-state index is 9.07. The molecule has 1 aromatic rings. The molecule has 1 aromatic carbocycles. The third-order valence-corrected chi connectivity index (χ3v) is 1.43. The van der Waals surface area contributed by atoms with Gasteiger partial charge in [-0.25, -0.2) is 0 Å². The number of nitriles is 1. The van der Waals surface area contributed by atoms with E-state index in [1.54, 1.807) is 0 Å². The van der Waals surface area contributed by atoms with Crippen LogP contribution in [0, 0.1) is 11.3 Å². The summed E-state index contributed by atoms with van der Waals surface area (Å²) in [6.07, 6.45) is 0. The molecule has 0 aromatic heterocycles. The van der Waals surface area contributed by atoms with Gasteiger partial charge < -0.3 is 15.2 Å². The Kier molecular flexibility index (Phi) is 2.33. The van der Waals surface area contributed by atoms with Gasteiger partial charge in [-0.3, -0.25) is 0 Å². The minimum absolute atomic E-state index is 0.0611. The van der Waals surface area contributed by atoms with Crippen molar-refractivity contribution in [2.75, 3.05) is 0 Å². The summed E-state index contributed by atoms with van der Waals surface area (Å²) in [6, 6.07) is 5.67. The molecule has 0 saturated heterocycles. The molecule has 4 nitrogen and oxygen atoms in total. The molecule has 0 aliphatic carbocycles. The second-order valence-electron chi connectivity index (χ2n) is 2.26. The molecule has 0 spiro atoms. The molecule has 3 N–H and O–H groups in total. The van der Waals surface area contributed by atoms with E-state index in [0.29, 0.717) is 0 Å². The fourth-order valence-corrected chi connectivity index (χ4v) is 0.831. The van der Waals surface area contributed by atoms with Crippen LogP contribution in [0.15, 0.2) is 18.2 Å². The molecule has 5 heteroatoms. The number of hydrogen-bond donors (Lipinski definition) is 3. The Morgan fingerprint density at radius 3 is 2.50 bits per heavy atom. The van der Waals surface area contributed by atoms with E-state index in [2.05, 4.69) is 0 Å². The smallest absolute Gasteiger partial charge is 0.492 e. The van der Waals surface area contributed by atoms with Crippen molar-refractivity contribution in [3.63, 3.8) is 0 Å². The van der Waals surface area contributed by atoms with Crippen LogP contribution in [0.2, 0.25) is 0 Å². The van der Waals surface area contributed by atoms with Gasteiger partial charge in [0.05, 0.1) is 11.6 Å². The third kappa shape index (κ3) is 1.56. The van der Waals surface area contributed by atoms with Crippen LogP contribution >= 0.6 is 0 Å². The second-order valence-corrected chi connectivity index (χ2v) is 2.26. The van der Waals surface area contributed by atoms with E-state index in [0.717, 1.165) is 0 Å². The van der Waals surface area contributed by atoms with Crippen LogP contribution in [0.5, 0.6) is 5.75 Å². The van der Waals surface area contributed by atoms with Crippen molar-refractivity contribution in [1.82, 2.24) is 0 Å². The van der Waals surface area contributed by atoms with E-state index in [1.165, 1.54) is 18.2 Å². The highest BCUT2D eigenvalue weighted by atomic mass is 16.4. The van der Waals surface area contributed by atoms with Crippen molar-refractivity contribution in [1.29, 1.82) is 5.26 Å². The standard InChI is InChI=1S/C7H6BNO3/c9-4-5-1-2-7(10)6(3-5)8(11)12/h1-3,10-12H. The number of nitrogens with zero attached hydrogens (tertiary/aromatic N) is 1. The topological polar surface area (TPSA) is 84.5 Å². The maximum atomic E-state index is 9.07. The van der Waals surface area contributed by atoms with Crippen molar-refractivity contribution in [3.8, 4) is 11.8 Å². The van der Waals surface area contributed by atoms with Crippen molar-refractivity contribution in [2.45, 2.75) is 0 Å². The van der Waals surface area contributed by atoms with Crippen molar-refractivity contribution in [2.24, 2.45) is 0 Å². The van der Waals surface area contributed by atoms with Gasteiger partial charge in [0.25, 0.3) is 0 Å². The lowest BCUT2D eigenvalue weighted by Gasteiger charge is -2.01. The lowest BCUT2D eigenvalue weighted by atomic mass is 9.79. The van der Waals surface area contributed by atoms with Gasteiger partial charge in [-0.1, -0.05) is 0 Å². The maximum Gasteiger partial charge on any atom is 0.492 e. The third-order valence-electron chi connectivity index (χ3n) is 1.43. The van der Waals surface area contributed by atoms with E-state index in [1.807, 2.05) is 6.07 Å². The van der Waals surface area contributed by atoms with E-state index < -0.39 is 7.12 Å². The Hall–Kier alpha value is -1.51. The Labute approximate surface area is 69.5 Å². The van der Waals surface area contributed by atoms with Gasteiger partial charge in [-0.05, 0) is 18.2 Å². The molecular formula is C7H6BNO3. The van der Waals surface area contributed by atoms with Crippen LogP contribution in [0.1, 0.15) is 5.56 Å². The minimum atomic E-state index is -1.75. The molecule has 0 saturated carbocycles. The molecule has 60 valence electrons. The summed E-state index contributed by atoms with van der Waals surface area (Å²) in [5, 5.41) is 34.9. The molecule has 0 aliphatic rings. The highest BCUT2D eigenvalue weighted by Gasteiger charge is 2.15. The summed E-state index contributed by atoms with van der Waals surface area (Å²) >= 11 is 0. The molecule has 0 fully saturated rings. The SMILES string of the molecule is N#Cc1ccc(O)c(B(O)O)c1. The van der Waals surface area contributed by atoms with Gasteiger partial charge >= 0.3 is 7.12 Å². The molecule has 0 aliphatic heterocycles. The Morgan fingerprint density at radius 1 is 1.33 bits per heavy atom. The van der Waals surface area contributed by atoms with E-state index in [4.69, 9.17) is 20.4 Å². The summed E-state index contributed by atoms with van der Waals surface area (Å²) in [6.45, 7) is 0. The molecule has 0 bridgehead atoms. The summed E-state index contributed by atoms with van der Waals surface area (Å²) in [5.41, 5.74) is 0.213. The van der Waals surface area contributed by atoms with Crippen molar-refractivity contribution >= 4 is 12.6 Å². The highest BCUT2D eigenvalue weighted by Crippen LogP contribution is 2.06. The fourth-order valence-electron chi connectivity index (χ4n) is 0.831. The molecule has 0 unspecified atom stereocenters. The number of phenolic OH excluding ortho intramolecular Hbond substituents is 1. The zero-order valence-corrected chi connectivity index (χ0v) is 6.10. The normalized spacial score (nSPS) is 9.08. The van der Waals surface area contributed by atoms with Gasteiger partial charge in [-0.15, -0.1) is 0 Å². The lowest BCUT2D eigenvalue weighted by molar-refractivity contribution is 0.419. The summed E-state index contributed by atoms with van der Waals surface area (Å²) in [4.78, 5) is 0. The van der Waals surface area contributed by atoms with E-state index in [-0.39, 0.29) is 16.8 Å². The Morgan fingerprint density at radius 2 is 2.00 bits per heavy atom. The van der Waals surface area contributed by atoms with Crippen LogP contribution in [0.25, 0.3) is 0 Å². The first kappa shape index (κ1) is 8.59. The first-order chi connectivity index (χ1) is 5.65. The number of phenols is 1. The first-order valence-electron chi connectivity index (χ1n) is 3.24. The minimum Gasteiger partial charge on any atom is -0.508 e. The first-order valence-corrected chi connectivity index (χ1v) is 3.24.